The fraction of sp³-hybridized carbons (Fsp3) is 0.667. The smallest absolute Gasteiger partial charge is 0.334 e. The highest BCUT2D eigenvalue weighted by molar-refractivity contribution is 8.00. The molecule has 1 atom stereocenters. The summed E-state index contributed by atoms with van der Waals surface area (Å²) in [6, 6.07) is 0. The number of esters is 1. The van der Waals surface area contributed by atoms with E-state index in [1.54, 1.807) is 6.92 Å². The number of rotatable bonds is 6. The van der Waals surface area contributed by atoms with Gasteiger partial charge in [-0.2, -0.15) is 11.8 Å². The largest absolute Gasteiger partial charge is 0.463 e. The van der Waals surface area contributed by atoms with E-state index in [0.717, 1.165) is 0 Å². The van der Waals surface area contributed by atoms with Gasteiger partial charge in [0.05, 0.1) is 13.2 Å². The molecule has 0 aromatic carbocycles. The van der Waals surface area contributed by atoms with Gasteiger partial charge in [0.15, 0.2) is 0 Å². The maximum Gasteiger partial charge on any atom is 0.334 e. The Morgan fingerprint density at radius 2 is 2.31 bits per heavy atom. The van der Waals surface area contributed by atoms with Gasteiger partial charge in [-0.15, -0.1) is 0 Å². The van der Waals surface area contributed by atoms with E-state index >= 15 is 0 Å². The molecule has 0 fully saturated rings. The van der Waals surface area contributed by atoms with Gasteiger partial charge in [-0.3, -0.25) is 0 Å². The quantitative estimate of drug-likeness (QED) is 0.522. The van der Waals surface area contributed by atoms with Crippen LogP contribution < -0.4 is 0 Å². The number of carbonyl (C=O) groups is 1. The standard InChI is InChI=1S/C9H16O3S/c1-4-12-9(11)7(2)8(3)13-6-5-10/h8,10H,2,4-6H2,1,3H3. The zero-order valence-electron chi connectivity index (χ0n) is 8.08. The number of aliphatic hydroxyl groups excluding tert-OH is 1. The van der Waals surface area contributed by atoms with Crippen molar-refractivity contribution in [1.82, 2.24) is 0 Å². The van der Waals surface area contributed by atoms with Gasteiger partial charge >= 0.3 is 5.97 Å². The molecular weight excluding hydrogens is 188 g/mol. The van der Waals surface area contributed by atoms with Crippen molar-refractivity contribution in [2.75, 3.05) is 19.0 Å². The van der Waals surface area contributed by atoms with Crippen molar-refractivity contribution in [2.24, 2.45) is 0 Å². The van der Waals surface area contributed by atoms with E-state index in [4.69, 9.17) is 9.84 Å². The summed E-state index contributed by atoms with van der Waals surface area (Å²) in [4.78, 5) is 11.2. The monoisotopic (exact) mass is 204 g/mol. The predicted molar refractivity (Wildman–Crippen MR) is 54.8 cm³/mol. The van der Waals surface area contributed by atoms with Crippen LogP contribution in [0.2, 0.25) is 0 Å². The lowest BCUT2D eigenvalue weighted by atomic mass is 10.2. The minimum atomic E-state index is -0.347. The molecule has 0 rings (SSSR count). The molecule has 76 valence electrons. The minimum Gasteiger partial charge on any atom is -0.463 e. The second-order valence-corrected chi connectivity index (χ2v) is 3.93. The summed E-state index contributed by atoms with van der Waals surface area (Å²) in [6.45, 7) is 7.77. The summed E-state index contributed by atoms with van der Waals surface area (Å²) in [5.74, 6) is 0.264. The third-order valence-electron chi connectivity index (χ3n) is 1.49. The number of hydrogen-bond acceptors (Lipinski definition) is 4. The van der Waals surface area contributed by atoms with Gasteiger partial charge < -0.3 is 9.84 Å². The highest BCUT2D eigenvalue weighted by Gasteiger charge is 2.15. The Balaban J connectivity index is 3.87. The lowest BCUT2D eigenvalue weighted by molar-refractivity contribution is -0.138. The van der Waals surface area contributed by atoms with Crippen LogP contribution >= 0.6 is 11.8 Å². The van der Waals surface area contributed by atoms with Crippen LogP contribution in [0.25, 0.3) is 0 Å². The van der Waals surface area contributed by atoms with E-state index in [1.165, 1.54) is 11.8 Å². The molecule has 0 saturated carbocycles. The van der Waals surface area contributed by atoms with Crippen LogP contribution in [0.3, 0.4) is 0 Å². The zero-order chi connectivity index (χ0) is 10.3. The fourth-order valence-electron chi connectivity index (χ4n) is 0.720. The van der Waals surface area contributed by atoms with Gasteiger partial charge in [-0.05, 0) is 13.8 Å². The minimum absolute atomic E-state index is 0.00574. The first-order valence-electron chi connectivity index (χ1n) is 4.21. The van der Waals surface area contributed by atoms with Crippen molar-refractivity contribution >= 4 is 17.7 Å². The Morgan fingerprint density at radius 3 is 2.77 bits per heavy atom. The Bertz CT molecular complexity index is 180. The summed E-state index contributed by atoms with van der Waals surface area (Å²) in [5.41, 5.74) is 0.459. The summed E-state index contributed by atoms with van der Waals surface area (Å²) < 4.78 is 4.79. The molecular formula is C9H16O3S. The van der Waals surface area contributed by atoms with Crippen LogP contribution in [-0.4, -0.2) is 35.3 Å². The number of ether oxygens (including phenoxy) is 1. The van der Waals surface area contributed by atoms with Crippen molar-refractivity contribution in [3.05, 3.63) is 12.2 Å². The SMILES string of the molecule is C=C(C(=O)OCC)C(C)SCCO. The van der Waals surface area contributed by atoms with E-state index < -0.39 is 0 Å². The molecule has 3 nitrogen and oxygen atoms in total. The van der Waals surface area contributed by atoms with Gasteiger partial charge in [0.25, 0.3) is 0 Å². The highest BCUT2D eigenvalue weighted by atomic mass is 32.2. The lowest BCUT2D eigenvalue weighted by Crippen LogP contribution is -2.15. The van der Waals surface area contributed by atoms with Gasteiger partial charge in [-0.25, -0.2) is 4.79 Å². The Kier molecular flexibility index (Phi) is 6.72. The molecule has 0 spiro atoms. The molecule has 0 aromatic rings. The lowest BCUT2D eigenvalue weighted by Gasteiger charge is -2.12. The maximum atomic E-state index is 11.2. The summed E-state index contributed by atoms with van der Waals surface area (Å²) >= 11 is 1.49. The van der Waals surface area contributed by atoms with Crippen LogP contribution in [0.4, 0.5) is 0 Å². The molecule has 0 saturated heterocycles. The van der Waals surface area contributed by atoms with Gasteiger partial charge in [0.1, 0.15) is 0 Å². The number of thioether (sulfide) groups is 1. The summed E-state index contributed by atoms with van der Waals surface area (Å²) in [6.07, 6.45) is 0. The first-order valence-corrected chi connectivity index (χ1v) is 5.26. The molecule has 0 heterocycles. The van der Waals surface area contributed by atoms with Crippen LogP contribution in [0.5, 0.6) is 0 Å². The Hall–Kier alpha value is -0.480. The molecule has 4 heteroatoms. The van der Waals surface area contributed by atoms with E-state index in [2.05, 4.69) is 6.58 Å². The molecule has 0 aromatic heterocycles. The molecule has 1 unspecified atom stereocenters. The van der Waals surface area contributed by atoms with Crippen molar-refractivity contribution in [3.8, 4) is 0 Å². The molecule has 0 amide bonds. The molecule has 0 aliphatic carbocycles. The topological polar surface area (TPSA) is 46.5 Å². The van der Waals surface area contributed by atoms with Crippen molar-refractivity contribution in [3.63, 3.8) is 0 Å². The first kappa shape index (κ1) is 12.5. The van der Waals surface area contributed by atoms with E-state index in [0.29, 0.717) is 17.9 Å². The second kappa shape index (κ2) is 6.97. The van der Waals surface area contributed by atoms with E-state index in [9.17, 15) is 4.79 Å². The molecule has 1 N–H and O–H groups in total. The van der Waals surface area contributed by atoms with Gasteiger partial charge in [0, 0.05) is 16.6 Å². The highest BCUT2D eigenvalue weighted by Crippen LogP contribution is 2.17. The van der Waals surface area contributed by atoms with Crippen molar-refractivity contribution < 1.29 is 14.6 Å². The normalized spacial score (nSPS) is 12.2. The molecule has 0 radical (unpaired) electrons. The summed E-state index contributed by atoms with van der Waals surface area (Å²) in [7, 11) is 0. The third-order valence-corrected chi connectivity index (χ3v) is 2.69. The van der Waals surface area contributed by atoms with Gasteiger partial charge in [-0.1, -0.05) is 6.58 Å². The second-order valence-electron chi connectivity index (χ2n) is 2.48. The average Bonchev–Trinajstić information content (AvgIpc) is 2.13. The Morgan fingerprint density at radius 1 is 1.69 bits per heavy atom. The number of hydrogen-bond donors (Lipinski definition) is 1. The molecule has 0 aliphatic heterocycles. The fourth-order valence-corrected chi connectivity index (χ4v) is 1.48. The zero-order valence-corrected chi connectivity index (χ0v) is 8.89. The van der Waals surface area contributed by atoms with E-state index in [-0.39, 0.29) is 17.8 Å². The van der Waals surface area contributed by atoms with Crippen LogP contribution in [0.1, 0.15) is 13.8 Å². The van der Waals surface area contributed by atoms with Crippen molar-refractivity contribution in [1.29, 1.82) is 0 Å². The average molecular weight is 204 g/mol. The molecule has 0 bridgehead atoms. The maximum absolute atomic E-state index is 11.2. The first-order chi connectivity index (χ1) is 6.13. The Labute approximate surface area is 83.2 Å². The van der Waals surface area contributed by atoms with Crippen LogP contribution in [-0.2, 0) is 9.53 Å². The third kappa shape index (κ3) is 4.95. The molecule has 13 heavy (non-hydrogen) atoms. The van der Waals surface area contributed by atoms with Crippen LogP contribution in [0, 0.1) is 0 Å². The van der Waals surface area contributed by atoms with Crippen LogP contribution in [0.15, 0.2) is 12.2 Å². The van der Waals surface area contributed by atoms with Crippen molar-refractivity contribution in [2.45, 2.75) is 19.1 Å². The number of carbonyl (C=O) groups excluding carboxylic acids is 1. The van der Waals surface area contributed by atoms with Gasteiger partial charge in [0.2, 0.25) is 0 Å². The number of aliphatic hydroxyl groups is 1. The van der Waals surface area contributed by atoms with E-state index in [1.807, 2.05) is 6.92 Å². The molecule has 0 aliphatic rings. The summed E-state index contributed by atoms with van der Waals surface area (Å²) in [5, 5.41) is 8.58. The predicted octanol–water partition coefficient (Wildman–Crippen LogP) is 1.22.